The zero-order valence-electron chi connectivity index (χ0n) is 12.0. The average Bonchev–Trinajstić information content (AvgIpc) is 2.99. The molecule has 0 bridgehead atoms. The first kappa shape index (κ1) is 16.1. The fourth-order valence-corrected chi connectivity index (χ4v) is 3.11. The molecule has 0 saturated carbocycles. The molecule has 3 rings (SSSR count). The van der Waals surface area contributed by atoms with Gasteiger partial charge in [0.05, 0.1) is 5.56 Å². The van der Waals surface area contributed by atoms with Crippen molar-refractivity contribution in [2.45, 2.75) is 4.90 Å². The smallest absolute Gasteiger partial charge is 0.268 e. The minimum Gasteiger partial charge on any atom is -0.360 e. The van der Waals surface area contributed by atoms with E-state index in [0.717, 1.165) is 6.07 Å². The second-order valence-electron chi connectivity index (χ2n) is 4.88. The quantitative estimate of drug-likeness (QED) is 0.629. The van der Waals surface area contributed by atoms with Crippen molar-refractivity contribution in [2.75, 3.05) is 0 Å². The number of rotatable bonds is 4. The number of carbonyl (C=O) groups is 1. The summed E-state index contributed by atoms with van der Waals surface area (Å²) >= 11 is 0. The first-order valence-corrected chi connectivity index (χ1v) is 8.20. The molecule has 0 atom stereocenters. The lowest BCUT2D eigenvalue weighted by Crippen LogP contribution is -2.41. The Kier molecular flexibility index (Phi) is 4.04. The van der Waals surface area contributed by atoms with Crippen LogP contribution in [-0.2, 0) is 10.0 Å². The highest BCUT2D eigenvalue weighted by molar-refractivity contribution is 7.89. The number of nitrogens with one attached hydrogen (secondary N) is 3. The summed E-state index contributed by atoms with van der Waals surface area (Å²) in [6.45, 7) is 0. The number of benzene rings is 2. The molecule has 1 amide bonds. The van der Waals surface area contributed by atoms with Gasteiger partial charge in [0.25, 0.3) is 15.9 Å². The van der Waals surface area contributed by atoms with Gasteiger partial charge < -0.3 is 4.98 Å². The SMILES string of the molecule is O=C(NNS(=O)(=O)c1cc(F)ccc1F)c1c[nH]c2ccccc12. The average molecular weight is 351 g/mol. The molecule has 3 N–H and O–H groups in total. The van der Waals surface area contributed by atoms with Crippen molar-refractivity contribution in [3.05, 3.63) is 65.9 Å². The predicted octanol–water partition coefficient (Wildman–Crippen LogP) is 2.07. The van der Waals surface area contributed by atoms with E-state index in [1.807, 2.05) is 5.43 Å². The van der Waals surface area contributed by atoms with Gasteiger partial charge in [-0.2, -0.15) is 0 Å². The lowest BCUT2D eigenvalue weighted by molar-refractivity contribution is 0.0946. The molecule has 2 aromatic carbocycles. The van der Waals surface area contributed by atoms with Gasteiger partial charge >= 0.3 is 0 Å². The summed E-state index contributed by atoms with van der Waals surface area (Å²) in [5.41, 5.74) is 2.87. The zero-order chi connectivity index (χ0) is 17.3. The minimum absolute atomic E-state index is 0.202. The molecular formula is C15H11F2N3O3S. The van der Waals surface area contributed by atoms with Crippen LogP contribution in [0.1, 0.15) is 10.4 Å². The number of fused-ring (bicyclic) bond motifs is 1. The summed E-state index contributed by atoms with van der Waals surface area (Å²) in [5, 5.41) is 0.589. The van der Waals surface area contributed by atoms with Crippen LogP contribution in [0.25, 0.3) is 10.9 Å². The molecule has 0 fully saturated rings. The fourth-order valence-electron chi connectivity index (χ4n) is 2.18. The Labute approximate surface area is 135 Å². The summed E-state index contributed by atoms with van der Waals surface area (Å²) in [6.07, 6.45) is 1.41. The number of para-hydroxylation sites is 1. The topological polar surface area (TPSA) is 91.1 Å². The number of halogens is 2. The van der Waals surface area contributed by atoms with E-state index < -0.39 is 32.5 Å². The van der Waals surface area contributed by atoms with Crippen LogP contribution in [0.2, 0.25) is 0 Å². The summed E-state index contributed by atoms with van der Waals surface area (Å²) < 4.78 is 50.7. The van der Waals surface area contributed by atoms with Crippen molar-refractivity contribution < 1.29 is 22.0 Å². The molecule has 0 aliphatic heterocycles. The Morgan fingerprint density at radius 2 is 1.83 bits per heavy atom. The molecule has 124 valence electrons. The van der Waals surface area contributed by atoms with E-state index in [-0.39, 0.29) is 5.56 Å². The van der Waals surface area contributed by atoms with E-state index in [4.69, 9.17) is 0 Å². The highest BCUT2D eigenvalue weighted by Gasteiger charge is 2.21. The van der Waals surface area contributed by atoms with E-state index in [9.17, 15) is 22.0 Å². The molecule has 3 aromatic rings. The van der Waals surface area contributed by atoms with E-state index in [1.54, 1.807) is 29.1 Å². The number of hydrogen-bond acceptors (Lipinski definition) is 3. The van der Waals surface area contributed by atoms with E-state index in [1.165, 1.54) is 6.20 Å². The predicted molar refractivity (Wildman–Crippen MR) is 82.4 cm³/mol. The second-order valence-corrected chi connectivity index (χ2v) is 6.53. The number of sulfonamides is 1. The molecule has 0 saturated heterocycles. The van der Waals surface area contributed by atoms with Gasteiger partial charge in [-0.05, 0) is 24.3 Å². The Bertz CT molecular complexity index is 1030. The molecule has 0 aliphatic carbocycles. The molecule has 0 aliphatic rings. The summed E-state index contributed by atoms with van der Waals surface area (Å²) in [7, 11) is -4.46. The van der Waals surface area contributed by atoms with Crippen molar-refractivity contribution in [3.63, 3.8) is 0 Å². The maximum atomic E-state index is 13.6. The van der Waals surface area contributed by atoms with Crippen LogP contribution < -0.4 is 10.3 Å². The highest BCUT2D eigenvalue weighted by Crippen LogP contribution is 2.18. The van der Waals surface area contributed by atoms with Gasteiger partial charge in [-0.15, -0.1) is 4.83 Å². The number of aromatic nitrogens is 1. The molecule has 0 spiro atoms. The number of aromatic amines is 1. The Balaban J connectivity index is 1.82. The summed E-state index contributed by atoms with van der Waals surface area (Å²) in [6, 6.07) is 8.93. The molecule has 1 heterocycles. The normalized spacial score (nSPS) is 11.6. The monoisotopic (exact) mass is 351 g/mol. The Morgan fingerprint density at radius 3 is 2.62 bits per heavy atom. The van der Waals surface area contributed by atoms with Crippen LogP contribution >= 0.6 is 0 Å². The second kappa shape index (κ2) is 6.02. The third-order valence-corrected chi connectivity index (χ3v) is 4.58. The van der Waals surface area contributed by atoms with E-state index >= 15 is 0 Å². The summed E-state index contributed by atoms with van der Waals surface area (Å²) in [4.78, 5) is 15.8. The Morgan fingerprint density at radius 1 is 1.08 bits per heavy atom. The van der Waals surface area contributed by atoms with E-state index in [0.29, 0.717) is 23.0 Å². The molecule has 0 radical (unpaired) electrons. The van der Waals surface area contributed by atoms with E-state index in [2.05, 4.69) is 4.98 Å². The van der Waals surface area contributed by atoms with Gasteiger partial charge in [0, 0.05) is 17.1 Å². The molecule has 24 heavy (non-hydrogen) atoms. The maximum absolute atomic E-state index is 13.6. The van der Waals surface area contributed by atoms with Crippen LogP contribution in [-0.4, -0.2) is 19.3 Å². The van der Waals surface area contributed by atoms with Crippen molar-refractivity contribution >= 4 is 26.8 Å². The van der Waals surface area contributed by atoms with Gasteiger partial charge in [0.1, 0.15) is 16.5 Å². The molecule has 9 heteroatoms. The number of hydrazine groups is 1. The highest BCUT2D eigenvalue weighted by atomic mass is 32.2. The zero-order valence-corrected chi connectivity index (χ0v) is 12.8. The molecular weight excluding hydrogens is 340 g/mol. The lowest BCUT2D eigenvalue weighted by Gasteiger charge is -2.09. The number of amides is 1. The third kappa shape index (κ3) is 2.99. The number of carbonyl (C=O) groups excluding carboxylic acids is 1. The van der Waals surface area contributed by atoms with Crippen molar-refractivity contribution in [1.82, 2.24) is 15.2 Å². The minimum atomic E-state index is -4.46. The Hall–Kier alpha value is -2.78. The van der Waals surface area contributed by atoms with Crippen LogP contribution in [0.15, 0.2) is 53.6 Å². The van der Waals surface area contributed by atoms with Gasteiger partial charge in [0.15, 0.2) is 0 Å². The van der Waals surface area contributed by atoms with Gasteiger partial charge in [-0.25, -0.2) is 17.2 Å². The summed E-state index contributed by atoms with van der Waals surface area (Å²) in [5.74, 6) is -2.79. The molecule has 1 aromatic heterocycles. The van der Waals surface area contributed by atoms with Gasteiger partial charge in [0.2, 0.25) is 0 Å². The lowest BCUT2D eigenvalue weighted by atomic mass is 10.2. The third-order valence-electron chi connectivity index (χ3n) is 3.32. The molecule has 0 unspecified atom stereocenters. The number of hydrogen-bond donors (Lipinski definition) is 3. The van der Waals surface area contributed by atoms with Crippen molar-refractivity contribution in [3.8, 4) is 0 Å². The van der Waals surface area contributed by atoms with Gasteiger partial charge in [-0.1, -0.05) is 18.2 Å². The van der Waals surface area contributed by atoms with Crippen molar-refractivity contribution in [2.24, 2.45) is 0 Å². The van der Waals surface area contributed by atoms with Crippen LogP contribution in [0.4, 0.5) is 8.78 Å². The molecule has 6 nitrogen and oxygen atoms in total. The van der Waals surface area contributed by atoms with Crippen LogP contribution in [0.3, 0.4) is 0 Å². The standard InChI is InChI=1S/C15H11F2N3O3S/c16-9-5-6-12(17)14(7-9)24(22,23)20-19-15(21)11-8-18-13-4-2-1-3-10(11)13/h1-8,18,20H,(H,19,21). The first-order valence-electron chi connectivity index (χ1n) is 6.72. The van der Waals surface area contributed by atoms with Gasteiger partial charge in [-0.3, -0.25) is 10.2 Å². The van der Waals surface area contributed by atoms with Crippen LogP contribution in [0, 0.1) is 11.6 Å². The first-order chi connectivity index (χ1) is 11.4. The fraction of sp³-hybridized carbons (Fsp3) is 0. The van der Waals surface area contributed by atoms with Crippen molar-refractivity contribution in [1.29, 1.82) is 0 Å². The maximum Gasteiger partial charge on any atom is 0.268 e. The number of H-pyrrole nitrogens is 1. The van der Waals surface area contributed by atoms with Crippen LogP contribution in [0.5, 0.6) is 0 Å². The largest absolute Gasteiger partial charge is 0.360 e.